The molecule has 1 atom stereocenters. The molecule has 1 fully saturated rings. The lowest BCUT2D eigenvalue weighted by Gasteiger charge is -2.38. The van der Waals surface area contributed by atoms with Crippen LogP contribution in [0.15, 0.2) is 29.7 Å². The number of likely N-dealkylation sites (N-methyl/N-ethyl adjacent to an activating group) is 1. The normalized spacial score (nSPS) is 19.6. The zero-order chi connectivity index (χ0) is 20.8. The van der Waals surface area contributed by atoms with Crippen molar-refractivity contribution >= 4 is 5.91 Å². The van der Waals surface area contributed by atoms with Crippen molar-refractivity contribution in [1.29, 1.82) is 0 Å². The molecule has 0 spiro atoms. The van der Waals surface area contributed by atoms with Crippen LogP contribution in [0.1, 0.15) is 25.3 Å². The van der Waals surface area contributed by atoms with Crippen LogP contribution < -0.4 is 9.47 Å². The van der Waals surface area contributed by atoms with Crippen molar-refractivity contribution in [1.82, 2.24) is 9.80 Å². The Morgan fingerprint density at radius 3 is 2.69 bits per heavy atom. The van der Waals surface area contributed by atoms with Crippen LogP contribution in [0, 0.1) is 0 Å². The zero-order valence-corrected chi connectivity index (χ0v) is 17.9. The lowest BCUT2D eigenvalue weighted by atomic mass is 10.0. The maximum Gasteiger partial charge on any atom is 0.292 e. The van der Waals surface area contributed by atoms with E-state index >= 15 is 0 Å². The first-order chi connectivity index (χ1) is 14.0. The number of ether oxygens (including phenoxy) is 4. The second-order valence-electron chi connectivity index (χ2n) is 7.55. The molecule has 0 saturated carbocycles. The Balaban J connectivity index is 1.57. The Morgan fingerprint density at radius 2 is 1.97 bits per heavy atom. The summed E-state index contributed by atoms with van der Waals surface area (Å²) in [5, 5.41) is 0. The molecule has 0 aromatic heterocycles. The van der Waals surface area contributed by atoms with E-state index in [4.69, 9.17) is 18.9 Å². The first kappa shape index (κ1) is 21.3. The van der Waals surface area contributed by atoms with Crippen molar-refractivity contribution in [2.24, 2.45) is 0 Å². The van der Waals surface area contributed by atoms with Gasteiger partial charge in [-0.05, 0) is 50.9 Å². The van der Waals surface area contributed by atoms with E-state index in [0.717, 1.165) is 43.9 Å². The fourth-order valence-corrected chi connectivity index (χ4v) is 3.88. The number of likely N-dealkylation sites (tertiary alicyclic amines) is 1. The van der Waals surface area contributed by atoms with Gasteiger partial charge >= 0.3 is 0 Å². The monoisotopic (exact) mass is 404 g/mol. The third kappa shape index (κ3) is 5.15. The molecule has 29 heavy (non-hydrogen) atoms. The SMILES string of the molecule is COc1ccc(CCN(C)C2CCCN(C(=O)C3=C(C)OCCO3)C2)cc1OC. The maximum absolute atomic E-state index is 12.9. The second kappa shape index (κ2) is 9.87. The number of benzene rings is 1. The highest BCUT2D eigenvalue weighted by Gasteiger charge is 2.30. The highest BCUT2D eigenvalue weighted by Crippen LogP contribution is 2.28. The number of allylic oxidation sites excluding steroid dienone is 1. The summed E-state index contributed by atoms with van der Waals surface area (Å²) in [6.07, 6.45) is 2.98. The van der Waals surface area contributed by atoms with Crippen molar-refractivity contribution in [2.75, 3.05) is 54.1 Å². The molecule has 7 nitrogen and oxygen atoms in total. The molecule has 0 aliphatic carbocycles. The lowest BCUT2D eigenvalue weighted by molar-refractivity contribution is -0.134. The molecule has 0 N–H and O–H groups in total. The van der Waals surface area contributed by atoms with E-state index in [2.05, 4.69) is 18.0 Å². The molecule has 0 radical (unpaired) electrons. The molecule has 3 rings (SSSR count). The molecule has 1 saturated heterocycles. The topological polar surface area (TPSA) is 60.5 Å². The molecular formula is C22H32N2O5. The van der Waals surface area contributed by atoms with Gasteiger partial charge in [0.25, 0.3) is 5.91 Å². The molecular weight excluding hydrogens is 372 g/mol. The van der Waals surface area contributed by atoms with Crippen molar-refractivity contribution < 1.29 is 23.7 Å². The predicted molar refractivity (Wildman–Crippen MR) is 110 cm³/mol. The number of methoxy groups -OCH3 is 2. The largest absolute Gasteiger partial charge is 0.493 e. The summed E-state index contributed by atoms with van der Waals surface area (Å²) in [5.41, 5.74) is 1.20. The smallest absolute Gasteiger partial charge is 0.292 e. The summed E-state index contributed by atoms with van der Waals surface area (Å²) in [5.74, 6) is 2.39. The van der Waals surface area contributed by atoms with Gasteiger partial charge in [0.2, 0.25) is 5.76 Å². The summed E-state index contributed by atoms with van der Waals surface area (Å²) in [4.78, 5) is 17.1. The van der Waals surface area contributed by atoms with Crippen LogP contribution in [-0.4, -0.2) is 75.9 Å². The number of carbonyl (C=O) groups excluding carboxylic acids is 1. The van der Waals surface area contributed by atoms with Gasteiger partial charge in [-0.2, -0.15) is 0 Å². The van der Waals surface area contributed by atoms with Gasteiger partial charge in [0.15, 0.2) is 11.5 Å². The van der Waals surface area contributed by atoms with E-state index in [1.807, 2.05) is 17.0 Å². The summed E-state index contributed by atoms with van der Waals surface area (Å²) in [7, 11) is 5.42. The van der Waals surface area contributed by atoms with Gasteiger partial charge in [0.05, 0.1) is 14.2 Å². The average molecular weight is 405 g/mol. The van der Waals surface area contributed by atoms with Gasteiger partial charge in [-0.3, -0.25) is 4.79 Å². The molecule has 1 aromatic rings. The van der Waals surface area contributed by atoms with Gasteiger partial charge in [0, 0.05) is 25.7 Å². The van der Waals surface area contributed by atoms with Gasteiger partial charge in [-0.15, -0.1) is 0 Å². The number of nitrogens with zero attached hydrogens (tertiary/aromatic N) is 2. The van der Waals surface area contributed by atoms with E-state index in [0.29, 0.717) is 37.3 Å². The van der Waals surface area contributed by atoms with Gasteiger partial charge in [-0.25, -0.2) is 0 Å². The molecule has 0 bridgehead atoms. The van der Waals surface area contributed by atoms with Crippen LogP contribution >= 0.6 is 0 Å². The van der Waals surface area contributed by atoms with E-state index in [-0.39, 0.29) is 5.91 Å². The summed E-state index contributed by atoms with van der Waals surface area (Å²) in [6, 6.07) is 6.37. The average Bonchev–Trinajstić information content (AvgIpc) is 2.77. The molecule has 2 aliphatic rings. The molecule has 2 heterocycles. The standard InChI is InChI=1S/C22H32N2O5/c1-16-21(29-13-12-28-16)22(25)24-10-5-6-18(15-24)23(2)11-9-17-7-8-19(26-3)20(14-17)27-4/h7-8,14,18H,5-6,9-13,15H2,1-4H3. The maximum atomic E-state index is 12.9. The number of carbonyl (C=O) groups is 1. The molecule has 2 aliphatic heterocycles. The quantitative estimate of drug-likeness (QED) is 0.696. The van der Waals surface area contributed by atoms with Crippen LogP contribution in [0.4, 0.5) is 0 Å². The van der Waals surface area contributed by atoms with E-state index in [1.54, 1.807) is 21.1 Å². The van der Waals surface area contributed by atoms with Crippen LogP contribution in [0.2, 0.25) is 0 Å². The number of piperidine rings is 1. The predicted octanol–water partition coefficient (Wildman–Crippen LogP) is 2.45. The molecule has 1 amide bonds. The van der Waals surface area contributed by atoms with Crippen LogP contribution in [0.3, 0.4) is 0 Å². The summed E-state index contributed by atoms with van der Waals surface area (Å²) in [6.45, 7) is 5.11. The third-order valence-electron chi connectivity index (χ3n) is 5.67. The minimum Gasteiger partial charge on any atom is -0.493 e. The Hall–Kier alpha value is -2.41. The van der Waals surface area contributed by atoms with Crippen molar-refractivity contribution in [2.45, 2.75) is 32.2 Å². The minimum absolute atomic E-state index is 0.0554. The second-order valence-corrected chi connectivity index (χ2v) is 7.55. The Kier molecular flexibility index (Phi) is 7.25. The summed E-state index contributed by atoms with van der Waals surface area (Å²) >= 11 is 0. The summed E-state index contributed by atoms with van der Waals surface area (Å²) < 4.78 is 21.8. The molecule has 160 valence electrons. The Bertz CT molecular complexity index is 749. The first-order valence-corrected chi connectivity index (χ1v) is 10.2. The van der Waals surface area contributed by atoms with E-state index in [9.17, 15) is 4.79 Å². The first-order valence-electron chi connectivity index (χ1n) is 10.2. The third-order valence-corrected chi connectivity index (χ3v) is 5.67. The van der Waals surface area contributed by atoms with E-state index < -0.39 is 0 Å². The highest BCUT2D eigenvalue weighted by molar-refractivity contribution is 5.92. The lowest BCUT2D eigenvalue weighted by Crippen LogP contribution is -2.49. The number of hydrogen-bond donors (Lipinski definition) is 0. The number of amides is 1. The zero-order valence-electron chi connectivity index (χ0n) is 17.9. The van der Waals surface area contributed by atoms with Crippen molar-refractivity contribution in [3.05, 3.63) is 35.3 Å². The van der Waals surface area contributed by atoms with Crippen molar-refractivity contribution in [3.8, 4) is 11.5 Å². The number of rotatable bonds is 7. The molecule has 1 unspecified atom stereocenters. The van der Waals surface area contributed by atoms with Crippen molar-refractivity contribution in [3.63, 3.8) is 0 Å². The minimum atomic E-state index is -0.0554. The van der Waals surface area contributed by atoms with Crippen LogP contribution in [-0.2, 0) is 20.7 Å². The van der Waals surface area contributed by atoms with E-state index in [1.165, 1.54) is 5.56 Å². The molecule has 1 aromatic carbocycles. The highest BCUT2D eigenvalue weighted by atomic mass is 16.6. The van der Waals surface area contributed by atoms with Crippen LogP contribution in [0.25, 0.3) is 0 Å². The Morgan fingerprint density at radius 1 is 1.21 bits per heavy atom. The van der Waals surface area contributed by atoms with Crippen LogP contribution in [0.5, 0.6) is 11.5 Å². The Labute approximate surface area is 173 Å². The van der Waals surface area contributed by atoms with Gasteiger partial charge in [-0.1, -0.05) is 6.07 Å². The van der Waals surface area contributed by atoms with Gasteiger partial charge in [0.1, 0.15) is 19.0 Å². The fourth-order valence-electron chi connectivity index (χ4n) is 3.88. The molecule has 7 heteroatoms. The number of hydrogen-bond acceptors (Lipinski definition) is 6. The fraction of sp³-hybridized carbons (Fsp3) is 0.591. The van der Waals surface area contributed by atoms with Gasteiger partial charge < -0.3 is 28.7 Å².